The SMILES string of the molecule is NS(=O)(=O)c1ccc(NC(=S)N[C@H]2CCCc3ccccc32)cc1. The van der Waals surface area contributed by atoms with Crippen molar-refractivity contribution in [3.8, 4) is 0 Å². The number of anilines is 1. The lowest BCUT2D eigenvalue weighted by molar-refractivity contribution is 0.529. The van der Waals surface area contributed by atoms with Crippen LogP contribution in [0.15, 0.2) is 53.4 Å². The first-order chi connectivity index (χ1) is 11.4. The first kappa shape index (κ1) is 16.9. The third-order valence-electron chi connectivity index (χ3n) is 4.12. The molecule has 0 spiro atoms. The molecule has 0 aromatic heterocycles. The minimum Gasteiger partial charge on any atom is -0.356 e. The number of hydrogen-bond donors (Lipinski definition) is 3. The van der Waals surface area contributed by atoms with Crippen LogP contribution in [-0.4, -0.2) is 13.5 Å². The van der Waals surface area contributed by atoms with Crippen LogP contribution < -0.4 is 15.8 Å². The molecule has 0 saturated heterocycles. The van der Waals surface area contributed by atoms with Gasteiger partial charge < -0.3 is 10.6 Å². The van der Waals surface area contributed by atoms with E-state index in [0.717, 1.165) is 19.3 Å². The fraction of sp³-hybridized carbons (Fsp3) is 0.235. The number of primary sulfonamides is 1. The highest BCUT2D eigenvalue weighted by Gasteiger charge is 2.20. The summed E-state index contributed by atoms with van der Waals surface area (Å²) in [5.74, 6) is 0. The molecule has 0 saturated carbocycles. The Morgan fingerprint density at radius 1 is 1.12 bits per heavy atom. The van der Waals surface area contributed by atoms with E-state index in [-0.39, 0.29) is 10.9 Å². The van der Waals surface area contributed by atoms with Crippen LogP contribution in [0, 0.1) is 0 Å². The van der Waals surface area contributed by atoms with Crippen molar-refractivity contribution in [2.45, 2.75) is 30.2 Å². The molecular formula is C17H19N3O2S2. The summed E-state index contributed by atoms with van der Waals surface area (Å²) in [5, 5.41) is 12.0. The van der Waals surface area contributed by atoms with E-state index in [1.807, 2.05) is 6.07 Å². The lowest BCUT2D eigenvalue weighted by Gasteiger charge is -2.27. The van der Waals surface area contributed by atoms with Crippen LogP contribution in [0.3, 0.4) is 0 Å². The Balaban J connectivity index is 1.66. The van der Waals surface area contributed by atoms with Crippen LogP contribution in [0.2, 0.25) is 0 Å². The van der Waals surface area contributed by atoms with E-state index in [1.54, 1.807) is 12.1 Å². The fourth-order valence-corrected chi connectivity index (χ4v) is 3.73. The highest BCUT2D eigenvalue weighted by Crippen LogP contribution is 2.29. The molecule has 7 heteroatoms. The van der Waals surface area contributed by atoms with Crippen molar-refractivity contribution in [3.05, 3.63) is 59.7 Å². The topological polar surface area (TPSA) is 84.2 Å². The van der Waals surface area contributed by atoms with E-state index in [4.69, 9.17) is 17.4 Å². The summed E-state index contributed by atoms with van der Waals surface area (Å²) in [7, 11) is -3.68. The summed E-state index contributed by atoms with van der Waals surface area (Å²) >= 11 is 5.39. The Labute approximate surface area is 147 Å². The summed E-state index contributed by atoms with van der Waals surface area (Å²) in [6.07, 6.45) is 3.26. The predicted molar refractivity (Wildman–Crippen MR) is 99.3 cm³/mol. The van der Waals surface area contributed by atoms with E-state index in [2.05, 4.69) is 28.8 Å². The third kappa shape index (κ3) is 3.92. The van der Waals surface area contributed by atoms with Gasteiger partial charge in [0.05, 0.1) is 10.9 Å². The van der Waals surface area contributed by atoms with Gasteiger partial charge in [-0.25, -0.2) is 13.6 Å². The minimum absolute atomic E-state index is 0.0770. The molecule has 0 heterocycles. The zero-order valence-electron chi connectivity index (χ0n) is 13.0. The second-order valence-corrected chi connectivity index (χ2v) is 7.78. The molecule has 0 bridgehead atoms. The normalized spacial score (nSPS) is 17.0. The lowest BCUT2D eigenvalue weighted by atomic mass is 9.88. The van der Waals surface area contributed by atoms with Crippen LogP contribution in [0.1, 0.15) is 30.0 Å². The number of rotatable bonds is 3. The Morgan fingerprint density at radius 2 is 1.83 bits per heavy atom. The summed E-state index contributed by atoms with van der Waals surface area (Å²) in [6, 6.07) is 14.8. The van der Waals surface area contributed by atoms with Gasteiger partial charge in [-0.1, -0.05) is 24.3 Å². The second-order valence-electron chi connectivity index (χ2n) is 5.81. The van der Waals surface area contributed by atoms with E-state index in [0.29, 0.717) is 10.8 Å². The molecule has 5 nitrogen and oxygen atoms in total. The van der Waals surface area contributed by atoms with Gasteiger partial charge in [0.25, 0.3) is 0 Å². The molecule has 0 fully saturated rings. The average molecular weight is 361 g/mol. The van der Waals surface area contributed by atoms with Crippen molar-refractivity contribution in [1.29, 1.82) is 0 Å². The van der Waals surface area contributed by atoms with Crippen molar-refractivity contribution in [2.75, 3.05) is 5.32 Å². The van der Waals surface area contributed by atoms with Gasteiger partial charge in [0.1, 0.15) is 0 Å². The zero-order chi connectivity index (χ0) is 17.2. The second kappa shape index (κ2) is 6.88. The van der Waals surface area contributed by atoms with Crippen molar-refractivity contribution in [3.63, 3.8) is 0 Å². The van der Waals surface area contributed by atoms with E-state index >= 15 is 0 Å². The Morgan fingerprint density at radius 3 is 2.54 bits per heavy atom. The number of benzene rings is 2. The molecule has 126 valence electrons. The van der Waals surface area contributed by atoms with Crippen molar-refractivity contribution in [1.82, 2.24) is 5.32 Å². The first-order valence-corrected chi connectivity index (χ1v) is 9.67. The first-order valence-electron chi connectivity index (χ1n) is 7.72. The monoisotopic (exact) mass is 361 g/mol. The van der Waals surface area contributed by atoms with Gasteiger partial charge in [-0.15, -0.1) is 0 Å². The van der Waals surface area contributed by atoms with E-state index in [1.165, 1.54) is 23.3 Å². The van der Waals surface area contributed by atoms with Gasteiger partial charge in [0.2, 0.25) is 10.0 Å². The van der Waals surface area contributed by atoms with Gasteiger partial charge >= 0.3 is 0 Å². The molecule has 0 aliphatic heterocycles. The Hall–Kier alpha value is -1.96. The quantitative estimate of drug-likeness (QED) is 0.732. The predicted octanol–water partition coefficient (Wildman–Crippen LogP) is 2.70. The largest absolute Gasteiger partial charge is 0.356 e. The number of fused-ring (bicyclic) bond motifs is 1. The zero-order valence-corrected chi connectivity index (χ0v) is 14.7. The molecule has 3 rings (SSSR count). The smallest absolute Gasteiger partial charge is 0.238 e. The van der Waals surface area contributed by atoms with Crippen LogP contribution in [0.25, 0.3) is 0 Å². The molecule has 4 N–H and O–H groups in total. The van der Waals surface area contributed by atoms with Gasteiger partial charge in [0.15, 0.2) is 5.11 Å². The maximum atomic E-state index is 11.3. The van der Waals surface area contributed by atoms with Gasteiger partial charge in [0, 0.05) is 5.69 Å². The fourth-order valence-electron chi connectivity index (χ4n) is 2.96. The van der Waals surface area contributed by atoms with Crippen molar-refractivity contribution < 1.29 is 8.42 Å². The van der Waals surface area contributed by atoms with E-state index < -0.39 is 10.0 Å². The van der Waals surface area contributed by atoms with Crippen LogP contribution in [-0.2, 0) is 16.4 Å². The number of nitrogens with one attached hydrogen (secondary N) is 2. The lowest BCUT2D eigenvalue weighted by Crippen LogP contribution is -2.34. The van der Waals surface area contributed by atoms with Crippen molar-refractivity contribution >= 4 is 33.0 Å². The van der Waals surface area contributed by atoms with E-state index in [9.17, 15) is 8.42 Å². The van der Waals surface area contributed by atoms with Crippen molar-refractivity contribution in [2.24, 2.45) is 5.14 Å². The average Bonchev–Trinajstić information content (AvgIpc) is 2.55. The van der Waals surface area contributed by atoms with Gasteiger partial charge in [-0.05, 0) is 66.9 Å². The third-order valence-corrected chi connectivity index (χ3v) is 5.26. The Kier molecular flexibility index (Phi) is 4.84. The molecule has 0 unspecified atom stereocenters. The van der Waals surface area contributed by atoms with Crippen LogP contribution >= 0.6 is 12.2 Å². The number of sulfonamides is 1. The number of nitrogens with two attached hydrogens (primary N) is 1. The molecule has 2 aromatic rings. The number of hydrogen-bond acceptors (Lipinski definition) is 3. The molecule has 0 amide bonds. The molecular weight excluding hydrogens is 342 g/mol. The maximum Gasteiger partial charge on any atom is 0.238 e. The molecule has 1 atom stereocenters. The molecule has 24 heavy (non-hydrogen) atoms. The highest BCUT2D eigenvalue weighted by atomic mass is 32.2. The maximum absolute atomic E-state index is 11.3. The highest BCUT2D eigenvalue weighted by molar-refractivity contribution is 7.89. The Bertz CT molecular complexity index is 848. The number of aryl methyl sites for hydroxylation is 1. The minimum atomic E-state index is -3.68. The molecule has 2 aromatic carbocycles. The summed E-state index contributed by atoms with van der Waals surface area (Å²) in [5.41, 5.74) is 3.36. The standard InChI is InChI=1S/C17H19N3O2S2/c18-24(21,22)14-10-8-13(9-11-14)19-17(23)20-16-7-3-5-12-4-1-2-6-15(12)16/h1-2,4,6,8-11,16H,3,5,7H2,(H2,18,21,22)(H2,19,20,23)/t16-/m0/s1. The molecule has 0 radical (unpaired) electrons. The molecule has 1 aliphatic rings. The summed E-state index contributed by atoms with van der Waals surface area (Å²) in [6.45, 7) is 0. The molecule has 1 aliphatic carbocycles. The number of thiocarbonyl (C=S) groups is 1. The summed E-state index contributed by atoms with van der Waals surface area (Å²) in [4.78, 5) is 0.0770. The summed E-state index contributed by atoms with van der Waals surface area (Å²) < 4.78 is 22.5. The van der Waals surface area contributed by atoms with Crippen LogP contribution in [0.5, 0.6) is 0 Å². The van der Waals surface area contributed by atoms with Gasteiger partial charge in [-0.2, -0.15) is 0 Å². The van der Waals surface area contributed by atoms with Crippen LogP contribution in [0.4, 0.5) is 5.69 Å². The van der Waals surface area contributed by atoms with Gasteiger partial charge in [-0.3, -0.25) is 0 Å².